The molecule has 0 radical (unpaired) electrons. The standard InChI is InChI=1S/C18H16ClN3O2/c1-11-8-9-14(10-15(11)19)16-21-18(24-22-16)12(2)20-17(23)13-6-4-3-5-7-13/h3-10,12H,1-2H3,(H,20,23). The topological polar surface area (TPSA) is 68.0 Å². The van der Waals surface area contributed by atoms with Crippen LogP contribution in [-0.2, 0) is 0 Å². The lowest BCUT2D eigenvalue weighted by Crippen LogP contribution is -2.26. The second-order valence-corrected chi connectivity index (χ2v) is 5.89. The maximum atomic E-state index is 12.2. The number of rotatable bonds is 4. The molecule has 3 aromatic rings. The van der Waals surface area contributed by atoms with Crippen molar-refractivity contribution in [2.45, 2.75) is 19.9 Å². The number of nitrogens with zero attached hydrogens (tertiary/aromatic N) is 2. The molecule has 1 aromatic heterocycles. The molecule has 0 aliphatic heterocycles. The molecule has 0 spiro atoms. The van der Waals surface area contributed by atoms with E-state index in [1.165, 1.54) is 0 Å². The van der Waals surface area contributed by atoms with Gasteiger partial charge in [-0.2, -0.15) is 4.98 Å². The highest BCUT2D eigenvalue weighted by atomic mass is 35.5. The van der Waals surface area contributed by atoms with Gasteiger partial charge in [0.1, 0.15) is 6.04 Å². The van der Waals surface area contributed by atoms with Gasteiger partial charge in [0.05, 0.1) is 0 Å². The molecule has 0 fully saturated rings. The van der Waals surface area contributed by atoms with E-state index in [0.29, 0.717) is 22.3 Å². The van der Waals surface area contributed by atoms with Crippen molar-refractivity contribution in [1.29, 1.82) is 0 Å². The molecule has 2 aromatic carbocycles. The lowest BCUT2D eigenvalue weighted by atomic mass is 10.1. The molecule has 3 rings (SSSR count). The molecule has 1 heterocycles. The Bertz CT molecular complexity index is 862. The van der Waals surface area contributed by atoms with Crippen molar-refractivity contribution >= 4 is 17.5 Å². The Balaban J connectivity index is 1.75. The Morgan fingerprint density at radius 3 is 2.67 bits per heavy atom. The maximum Gasteiger partial charge on any atom is 0.251 e. The van der Waals surface area contributed by atoms with E-state index in [2.05, 4.69) is 15.5 Å². The zero-order valence-electron chi connectivity index (χ0n) is 13.3. The van der Waals surface area contributed by atoms with Gasteiger partial charge in [-0.1, -0.05) is 47.1 Å². The molecule has 0 bridgehead atoms. The molecule has 1 unspecified atom stereocenters. The predicted octanol–water partition coefficient (Wildman–Crippen LogP) is 4.19. The third-order valence-electron chi connectivity index (χ3n) is 3.63. The highest BCUT2D eigenvalue weighted by molar-refractivity contribution is 6.31. The average molecular weight is 342 g/mol. The first-order chi connectivity index (χ1) is 11.5. The lowest BCUT2D eigenvalue weighted by Gasteiger charge is -2.09. The highest BCUT2D eigenvalue weighted by Gasteiger charge is 2.18. The summed E-state index contributed by atoms with van der Waals surface area (Å²) in [6.45, 7) is 3.72. The summed E-state index contributed by atoms with van der Waals surface area (Å²) >= 11 is 6.13. The van der Waals surface area contributed by atoms with Gasteiger partial charge < -0.3 is 9.84 Å². The number of aryl methyl sites for hydroxylation is 1. The molecule has 24 heavy (non-hydrogen) atoms. The highest BCUT2D eigenvalue weighted by Crippen LogP contribution is 2.24. The van der Waals surface area contributed by atoms with Crippen LogP contribution in [0.2, 0.25) is 5.02 Å². The first-order valence-corrected chi connectivity index (χ1v) is 7.88. The van der Waals surface area contributed by atoms with Gasteiger partial charge in [0.2, 0.25) is 11.7 Å². The van der Waals surface area contributed by atoms with E-state index in [9.17, 15) is 4.79 Å². The monoisotopic (exact) mass is 341 g/mol. The molecule has 6 heteroatoms. The number of nitrogens with one attached hydrogen (secondary N) is 1. The smallest absolute Gasteiger partial charge is 0.251 e. The molecule has 0 saturated heterocycles. The Kier molecular flexibility index (Phi) is 4.62. The van der Waals surface area contributed by atoms with Crippen molar-refractivity contribution in [1.82, 2.24) is 15.5 Å². The Morgan fingerprint density at radius 1 is 1.21 bits per heavy atom. The number of carbonyl (C=O) groups is 1. The summed E-state index contributed by atoms with van der Waals surface area (Å²) in [6, 6.07) is 14.1. The van der Waals surface area contributed by atoms with E-state index in [-0.39, 0.29) is 5.91 Å². The number of aromatic nitrogens is 2. The van der Waals surface area contributed by atoms with E-state index < -0.39 is 6.04 Å². The number of hydrogen-bond acceptors (Lipinski definition) is 4. The first kappa shape index (κ1) is 16.2. The van der Waals surface area contributed by atoms with Crippen LogP contribution in [0.4, 0.5) is 0 Å². The minimum absolute atomic E-state index is 0.193. The lowest BCUT2D eigenvalue weighted by molar-refractivity contribution is 0.0932. The third-order valence-corrected chi connectivity index (χ3v) is 4.03. The van der Waals surface area contributed by atoms with Crippen molar-refractivity contribution in [3.05, 3.63) is 70.6 Å². The Hall–Kier alpha value is -2.66. The Labute approximate surface area is 144 Å². The van der Waals surface area contributed by atoms with Gasteiger partial charge in [0.15, 0.2) is 0 Å². The fourth-order valence-corrected chi connectivity index (χ4v) is 2.37. The zero-order chi connectivity index (χ0) is 17.1. The molecular formula is C18H16ClN3O2. The van der Waals surface area contributed by atoms with E-state index in [0.717, 1.165) is 11.1 Å². The fraction of sp³-hybridized carbons (Fsp3) is 0.167. The van der Waals surface area contributed by atoms with Crippen LogP contribution >= 0.6 is 11.6 Å². The van der Waals surface area contributed by atoms with E-state index in [4.69, 9.17) is 16.1 Å². The number of amides is 1. The Morgan fingerprint density at radius 2 is 1.96 bits per heavy atom. The molecule has 1 amide bonds. The van der Waals surface area contributed by atoms with Crippen LogP contribution in [0.1, 0.15) is 34.8 Å². The van der Waals surface area contributed by atoms with Crippen LogP contribution in [0.5, 0.6) is 0 Å². The summed E-state index contributed by atoms with van der Waals surface area (Å²) < 4.78 is 5.27. The summed E-state index contributed by atoms with van der Waals surface area (Å²) in [4.78, 5) is 16.5. The van der Waals surface area contributed by atoms with Crippen LogP contribution in [0, 0.1) is 6.92 Å². The normalized spacial score (nSPS) is 12.0. The molecule has 122 valence electrons. The molecule has 0 saturated carbocycles. The average Bonchev–Trinajstić information content (AvgIpc) is 3.08. The van der Waals surface area contributed by atoms with Crippen molar-refractivity contribution in [3.8, 4) is 11.4 Å². The minimum atomic E-state index is -0.403. The molecular weight excluding hydrogens is 326 g/mol. The minimum Gasteiger partial charge on any atom is -0.341 e. The van der Waals surface area contributed by atoms with Gasteiger partial charge in [-0.15, -0.1) is 0 Å². The van der Waals surface area contributed by atoms with Crippen molar-refractivity contribution < 1.29 is 9.32 Å². The molecule has 0 aliphatic rings. The fourth-order valence-electron chi connectivity index (χ4n) is 2.19. The molecule has 5 nitrogen and oxygen atoms in total. The summed E-state index contributed by atoms with van der Waals surface area (Å²) in [5.41, 5.74) is 2.32. The van der Waals surface area contributed by atoms with Crippen LogP contribution in [-0.4, -0.2) is 16.0 Å². The van der Waals surface area contributed by atoms with E-state index >= 15 is 0 Å². The molecule has 0 aliphatic carbocycles. The number of benzene rings is 2. The summed E-state index contributed by atoms with van der Waals surface area (Å²) in [5, 5.41) is 7.44. The van der Waals surface area contributed by atoms with Gasteiger partial charge in [0.25, 0.3) is 5.91 Å². The number of hydrogen-bond donors (Lipinski definition) is 1. The van der Waals surface area contributed by atoms with Gasteiger partial charge in [-0.3, -0.25) is 4.79 Å². The SMILES string of the molecule is Cc1ccc(-c2noc(C(C)NC(=O)c3ccccc3)n2)cc1Cl. The molecule has 1 N–H and O–H groups in total. The number of halogens is 1. The van der Waals surface area contributed by atoms with E-state index in [1.807, 2.05) is 37.3 Å². The van der Waals surface area contributed by atoms with Crippen LogP contribution < -0.4 is 5.32 Å². The second-order valence-electron chi connectivity index (χ2n) is 5.48. The second kappa shape index (κ2) is 6.84. The first-order valence-electron chi connectivity index (χ1n) is 7.50. The summed E-state index contributed by atoms with van der Waals surface area (Å²) in [6.07, 6.45) is 0. The molecule has 1 atom stereocenters. The number of carbonyl (C=O) groups excluding carboxylic acids is 1. The third kappa shape index (κ3) is 3.46. The van der Waals surface area contributed by atoms with Gasteiger partial charge in [-0.25, -0.2) is 0 Å². The maximum absolute atomic E-state index is 12.2. The quantitative estimate of drug-likeness (QED) is 0.772. The summed E-state index contributed by atoms with van der Waals surface area (Å²) in [5.74, 6) is 0.583. The van der Waals surface area contributed by atoms with Crippen LogP contribution in [0.15, 0.2) is 53.1 Å². The largest absolute Gasteiger partial charge is 0.341 e. The van der Waals surface area contributed by atoms with Crippen LogP contribution in [0.25, 0.3) is 11.4 Å². The van der Waals surface area contributed by atoms with Gasteiger partial charge in [-0.05, 0) is 37.6 Å². The van der Waals surface area contributed by atoms with Crippen molar-refractivity contribution in [3.63, 3.8) is 0 Å². The van der Waals surface area contributed by atoms with Gasteiger partial charge in [0, 0.05) is 16.1 Å². The zero-order valence-corrected chi connectivity index (χ0v) is 14.0. The van der Waals surface area contributed by atoms with Crippen molar-refractivity contribution in [2.24, 2.45) is 0 Å². The summed E-state index contributed by atoms with van der Waals surface area (Å²) in [7, 11) is 0. The van der Waals surface area contributed by atoms with Crippen LogP contribution in [0.3, 0.4) is 0 Å². The van der Waals surface area contributed by atoms with Gasteiger partial charge >= 0.3 is 0 Å². The van der Waals surface area contributed by atoms with Crippen molar-refractivity contribution in [2.75, 3.05) is 0 Å². The predicted molar refractivity (Wildman–Crippen MR) is 91.8 cm³/mol. The van der Waals surface area contributed by atoms with E-state index in [1.54, 1.807) is 25.1 Å².